The van der Waals surface area contributed by atoms with E-state index in [1.54, 1.807) is 0 Å². The van der Waals surface area contributed by atoms with Gasteiger partial charge in [0.05, 0.1) is 22.1 Å². The van der Waals surface area contributed by atoms with Crippen LogP contribution >= 0.6 is 0 Å². The molecule has 2 aliphatic rings. The normalized spacial score (nSPS) is 13.5. The van der Waals surface area contributed by atoms with Crippen molar-refractivity contribution in [1.29, 1.82) is 0 Å². The number of benzene rings is 7. The van der Waals surface area contributed by atoms with Gasteiger partial charge in [-0.1, -0.05) is 122 Å². The largest absolute Gasteiger partial charge is 0.370 e. The van der Waals surface area contributed by atoms with E-state index in [4.69, 9.17) is 23.1 Å². The van der Waals surface area contributed by atoms with E-state index in [-0.39, 0.29) is 11.6 Å². The van der Waals surface area contributed by atoms with Crippen LogP contribution in [0, 0.1) is 13.1 Å². The lowest BCUT2D eigenvalue weighted by Gasteiger charge is -2.39. The maximum atomic E-state index is 7.77. The molecule has 0 saturated heterocycles. The highest BCUT2D eigenvalue weighted by Crippen LogP contribution is 2.61. The highest BCUT2D eigenvalue weighted by molar-refractivity contribution is 6.33. The third kappa shape index (κ3) is 2.75. The van der Waals surface area contributed by atoms with Crippen LogP contribution in [0.25, 0.3) is 80.9 Å². The lowest BCUT2D eigenvalue weighted by Crippen LogP contribution is -2.33. The zero-order valence-electron chi connectivity index (χ0n) is 25.4. The van der Waals surface area contributed by atoms with Crippen LogP contribution in [0.2, 0.25) is 0 Å². The van der Waals surface area contributed by atoms with Crippen molar-refractivity contribution in [1.82, 2.24) is 14.5 Å². The smallest absolute Gasteiger partial charge is 0.294 e. The Hall–Kier alpha value is -6.82. The fourth-order valence-electron chi connectivity index (χ4n) is 8.96. The Bertz CT molecular complexity index is 3000. The Morgan fingerprint density at radius 1 is 0.458 bits per heavy atom. The molecule has 48 heavy (non-hydrogen) atoms. The molecule has 2 aromatic heterocycles. The summed E-state index contributed by atoms with van der Waals surface area (Å²) in [5.74, 6) is 0.0663. The van der Waals surface area contributed by atoms with Gasteiger partial charge < -0.3 is 14.3 Å². The number of fused-ring (bicyclic) bond motifs is 19. The van der Waals surface area contributed by atoms with Crippen molar-refractivity contribution in [3.63, 3.8) is 0 Å². The van der Waals surface area contributed by atoms with E-state index < -0.39 is 5.41 Å². The van der Waals surface area contributed by atoms with Crippen molar-refractivity contribution in [2.24, 2.45) is 0 Å². The maximum Gasteiger partial charge on any atom is 0.294 e. The Labute approximate surface area is 274 Å². The van der Waals surface area contributed by atoms with Crippen LogP contribution in [0.5, 0.6) is 0 Å². The third-order valence-electron chi connectivity index (χ3n) is 10.6. The molecule has 5 heteroatoms. The predicted molar refractivity (Wildman–Crippen MR) is 192 cm³/mol. The maximum absolute atomic E-state index is 7.77. The molecule has 0 bridgehead atoms. The first-order valence-corrected chi connectivity index (χ1v) is 15.9. The van der Waals surface area contributed by atoms with E-state index in [9.17, 15) is 0 Å². The summed E-state index contributed by atoms with van der Waals surface area (Å²) in [5, 5.41) is 6.30. The van der Waals surface area contributed by atoms with Gasteiger partial charge in [0.1, 0.15) is 0 Å². The summed E-state index contributed by atoms with van der Waals surface area (Å²) in [6.45, 7) is 15.5. The molecule has 0 fully saturated rings. The first kappa shape index (κ1) is 25.4. The van der Waals surface area contributed by atoms with Crippen molar-refractivity contribution in [3.05, 3.63) is 172 Å². The number of para-hydroxylation sites is 2. The van der Waals surface area contributed by atoms with Gasteiger partial charge in [-0.25, -0.2) is 0 Å². The molecule has 1 spiro atoms. The molecule has 5 nitrogen and oxygen atoms in total. The number of hydrogen-bond donors (Lipinski definition) is 0. The summed E-state index contributed by atoms with van der Waals surface area (Å²) >= 11 is 0. The third-order valence-corrected chi connectivity index (χ3v) is 10.6. The van der Waals surface area contributed by atoms with Gasteiger partial charge >= 0.3 is 0 Å². The fraction of sp³-hybridized carbons (Fsp3) is 0.0233. The van der Waals surface area contributed by atoms with E-state index in [1.165, 1.54) is 44.3 Å². The van der Waals surface area contributed by atoms with Crippen LogP contribution in [0.15, 0.2) is 127 Å². The first-order valence-electron chi connectivity index (χ1n) is 15.9. The average molecular weight is 608 g/mol. The number of nitrogens with zero attached hydrogens (tertiary/aromatic N) is 5. The van der Waals surface area contributed by atoms with Crippen molar-refractivity contribution in [3.8, 4) is 16.8 Å². The van der Waals surface area contributed by atoms with E-state index >= 15 is 0 Å². The molecule has 218 valence electrons. The fourth-order valence-corrected chi connectivity index (χ4v) is 8.96. The second-order valence-corrected chi connectivity index (χ2v) is 12.6. The summed E-state index contributed by atoms with van der Waals surface area (Å²) in [7, 11) is 0. The quantitative estimate of drug-likeness (QED) is 0.127. The summed E-state index contributed by atoms with van der Waals surface area (Å²) in [4.78, 5) is 16.7. The Kier molecular flexibility index (Phi) is 4.60. The molecule has 0 atom stereocenters. The Balaban J connectivity index is 1.42. The molecule has 7 aromatic carbocycles. The minimum absolute atomic E-state index is 0.0315. The highest BCUT2D eigenvalue weighted by atomic mass is 15.0. The molecular weight excluding hydrogens is 587 g/mol. The van der Waals surface area contributed by atoms with Crippen LogP contribution in [-0.2, 0) is 5.41 Å². The number of hydrogen-bond acceptors (Lipinski definition) is 2. The SMILES string of the molecule is [C-]#[N+]c1nc2c3ccccc3c3c(ccc4c5cccc6c5n(c43)-c3ccccc3C63c4ccccc4-c4ccccc43)c2nc1[N+]#[C-]. The van der Waals surface area contributed by atoms with Crippen LogP contribution in [0.3, 0.4) is 0 Å². The van der Waals surface area contributed by atoms with Crippen LogP contribution < -0.4 is 0 Å². The first-order chi connectivity index (χ1) is 23.8. The lowest BCUT2D eigenvalue weighted by molar-refractivity contribution is 0.749. The topological polar surface area (TPSA) is 39.4 Å². The van der Waals surface area contributed by atoms with Crippen LogP contribution in [0.1, 0.15) is 22.3 Å². The standard InChI is InChI=1S/C43H21N5/c1-44-41-42(45-2)47-38-30-23-22-29-28-16-11-20-34-39(28)48(40(29)36(30)26-14-3-4-15-27(26)37(38)46-41)35-21-10-9-19-33(35)43(34)31-17-7-5-12-24(31)25-13-6-8-18-32(25)43/h3-23H. The number of aromatic nitrogens is 3. The molecule has 9 aromatic rings. The zero-order valence-corrected chi connectivity index (χ0v) is 25.4. The minimum atomic E-state index is -0.482. The Morgan fingerprint density at radius 3 is 1.69 bits per heavy atom. The van der Waals surface area contributed by atoms with Gasteiger partial charge in [-0.05, 0) is 57.0 Å². The molecule has 3 heterocycles. The summed E-state index contributed by atoms with van der Waals surface area (Å²) in [6, 6.07) is 46.0. The monoisotopic (exact) mass is 607 g/mol. The summed E-state index contributed by atoms with van der Waals surface area (Å²) < 4.78 is 2.47. The van der Waals surface area contributed by atoms with Gasteiger partial charge in [0.25, 0.3) is 11.6 Å². The lowest BCUT2D eigenvalue weighted by atomic mass is 9.65. The van der Waals surface area contributed by atoms with Crippen molar-refractivity contribution < 1.29 is 0 Å². The predicted octanol–water partition coefficient (Wildman–Crippen LogP) is 10.8. The second kappa shape index (κ2) is 8.70. The minimum Gasteiger partial charge on any atom is -0.370 e. The second-order valence-electron chi connectivity index (χ2n) is 12.6. The van der Waals surface area contributed by atoms with Gasteiger partial charge in [0.15, 0.2) is 0 Å². The van der Waals surface area contributed by atoms with Gasteiger partial charge in [-0.3, -0.25) is 0 Å². The molecule has 0 amide bonds. The molecule has 1 aliphatic carbocycles. The zero-order chi connectivity index (χ0) is 31.7. The molecule has 1 aliphatic heterocycles. The van der Waals surface area contributed by atoms with Crippen molar-refractivity contribution >= 4 is 66.0 Å². The Morgan fingerprint density at radius 2 is 0.979 bits per heavy atom. The average Bonchev–Trinajstić information content (AvgIpc) is 3.65. The van der Waals surface area contributed by atoms with Gasteiger partial charge in [-0.2, -0.15) is 0 Å². The van der Waals surface area contributed by atoms with E-state index in [0.717, 1.165) is 38.1 Å². The summed E-state index contributed by atoms with van der Waals surface area (Å²) in [5.41, 5.74) is 11.9. The van der Waals surface area contributed by atoms with Crippen molar-refractivity contribution in [2.45, 2.75) is 5.41 Å². The molecule has 11 rings (SSSR count). The molecule has 0 radical (unpaired) electrons. The van der Waals surface area contributed by atoms with Crippen LogP contribution in [0.4, 0.5) is 11.6 Å². The molecule has 0 unspecified atom stereocenters. The van der Waals surface area contributed by atoms with Gasteiger partial charge in [0, 0.05) is 26.9 Å². The molecule has 0 N–H and O–H groups in total. The number of rotatable bonds is 0. The summed E-state index contributed by atoms with van der Waals surface area (Å²) in [6.07, 6.45) is 0. The van der Waals surface area contributed by atoms with Gasteiger partial charge in [-0.15, -0.1) is 9.97 Å². The van der Waals surface area contributed by atoms with Gasteiger partial charge in [0.2, 0.25) is 11.0 Å². The van der Waals surface area contributed by atoms with E-state index in [0.29, 0.717) is 11.0 Å². The van der Waals surface area contributed by atoms with E-state index in [2.05, 4.69) is 136 Å². The van der Waals surface area contributed by atoms with Crippen LogP contribution in [-0.4, -0.2) is 14.5 Å². The van der Waals surface area contributed by atoms with Crippen molar-refractivity contribution in [2.75, 3.05) is 0 Å². The molecule has 0 saturated carbocycles. The highest BCUT2D eigenvalue weighted by Gasteiger charge is 2.50. The van der Waals surface area contributed by atoms with E-state index in [1.807, 2.05) is 6.07 Å². The molecular formula is C43H21N5.